The van der Waals surface area contributed by atoms with E-state index in [1.165, 1.54) is 0 Å². The second-order valence-electron chi connectivity index (χ2n) is 8.74. The van der Waals surface area contributed by atoms with Crippen molar-refractivity contribution < 1.29 is 9.90 Å². The van der Waals surface area contributed by atoms with Crippen molar-refractivity contribution in [2.45, 2.75) is 20.3 Å². The van der Waals surface area contributed by atoms with E-state index in [9.17, 15) is 9.90 Å². The number of rotatable bonds is 5. The molecule has 0 atom stereocenters. The third kappa shape index (κ3) is 4.34. The molecule has 1 saturated heterocycles. The first kappa shape index (κ1) is 22.3. The van der Waals surface area contributed by atoms with Crippen molar-refractivity contribution in [3.63, 3.8) is 0 Å². The Balaban J connectivity index is 1.42. The molecule has 8 nitrogen and oxygen atoms in total. The minimum atomic E-state index is -0.103. The Kier molecular flexibility index (Phi) is 6.17. The van der Waals surface area contributed by atoms with Crippen molar-refractivity contribution in [2.75, 3.05) is 39.3 Å². The van der Waals surface area contributed by atoms with Crippen molar-refractivity contribution in [3.8, 4) is 0 Å². The Bertz CT molecular complexity index is 1260. The van der Waals surface area contributed by atoms with Crippen LogP contribution in [0.2, 0.25) is 0 Å². The standard InChI is InChI=1S/C26H30N6O2/c1-3-23-25-16-24(28-32(25)17-19(2)27-23)20-5-4-6-21-7-8-22(18-31(21)26(34)15-20)30-11-9-29(10-12-30)13-14-33/h4-8,15-18,33H,3,9-14H2,1-2H3/b5-4?,20-15?,21-6+. The number of fused-ring (bicyclic) bond motifs is 2. The fraction of sp³-hybridized carbons (Fsp3) is 0.346. The topological polar surface area (TPSA) is 77.2 Å². The Hall–Kier alpha value is -3.49. The minimum absolute atomic E-state index is 0.103. The zero-order valence-electron chi connectivity index (χ0n) is 19.7. The van der Waals surface area contributed by atoms with Gasteiger partial charge in [0.25, 0.3) is 5.91 Å². The maximum atomic E-state index is 13.3. The highest BCUT2D eigenvalue weighted by molar-refractivity contribution is 5.99. The molecule has 34 heavy (non-hydrogen) atoms. The third-order valence-corrected chi connectivity index (χ3v) is 6.46. The summed E-state index contributed by atoms with van der Waals surface area (Å²) < 4.78 is 1.85. The normalized spacial score (nSPS) is 20.6. The lowest BCUT2D eigenvalue weighted by Gasteiger charge is -2.38. The third-order valence-electron chi connectivity index (χ3n) is 6.46. The van der Waals surface area contributed by atoms with Crippen LogP contribution in [0.1, 0.15) is 24.0 Å². The zero-order chi connectivity index (χ0) is 23.7. The molecule has 0 saturated carbocycles. The number of β-amino-alcohol motifs (C(OH)–C–C–N with tert-alkyl or cyclic N) is 1. The van der Waals surface area contributed by atoms with E-state index in [1.54, 1.807) is 11.0 Å². The Labute approximate surface area is 199 Å². The maximum absolute atomic E-state index is 13.3. The van der Waals surface area contributed by atoms with Crippen LogP contribution in [0, 0.1) is 6.92 Å². The van der Waals surface area contributed by atoms with Crippen LogP contribution in [0.25, 0.3) is 11.1 Å². The van der Waals surface area contributed by atoms with Crippen LogP contribution in [0.5, 0.6) is 0 Å². The van der Waals surface area contributed by atoms with Gasteiger partial charge in [0, 0.05) is 56.3 Å². The number of hydrogen-bond donors (Lipinski definition) is 1. The zero-order valence-corrected chi connectivity index (χ0v) is 19.7. The Morgan fingerprint density at radius 2 is 1.88 bits per heavy atom. The first-order valence-corrected chi connectivity index (χ1v) is 11.8. The summed E-state index contributed by atoms with van der Waals surface area (Å²) in [5.41, 5.74) is 6.26. The maximum Gasteiger partial charge on any atom is 0.255 e. The van der Waals surface area contributed by atoms with E-state index in [1.807, 2.05) is 54.2 Å². The molecular weight excluding hydrogens is 428 g/mol. The number of aliphatic hydroxyl groups excluding tert-OH is 1. The molecule has 0 spiro atoms. The lowest BCUT2D eigenvalue weighted by atomic mass is 10.1. The summed E-state index contributed by atoms with van der Waals surface area (Å²) in [4.78, 5) is 24.2. The number of aliphatic hydroxyl groups is 1. The molecule has 2 aromatic heterocycles. The number of allylic oxidation sites excluding steroid dienone is 6. The summed E-state index contributed by atoms with van der Waals surface area (Å²) in [5, 5.41) is 13.9. The van der Waals surface area contributed by atoms with E-state index < -0.39 is 0 Å². The highest BCUT2D eigenvalue weighted by Crippen LogP contribution is 2.26. The summed E-state index contributed by atoms with van der Waals surface area (Å²) in [6.07, 6.45) is 16.2. The first-order chi connectivity index (χ1) is 16.6. The molecule has 176 valence electrons. The van der Waals surface area contributed by atoms with Gasteiger partial charge in [-0.25, -0.2) is 4.52 Å². The predicted molar refractivity (Wildman–Crippen MR) is 131 cm³/mol. The molecule has 3 aliphatic rings. The highest BCUT2D eigenvalue weighted by Gasteiger charge is 2.23. The molecule has 8 heteroatoms. The molecule has 0 bridgehead atoms. The predicted octanol–water partition coefficient (Wildman–Crippen LogP) is 2.29. The molecule has 0 aliphatic carbocycles. The molecule has 5 heterocycles. The van der Waals surface area contributed by atoms with Crippen LogP contribution in [-0.4, -0.2) is 79.6 Å². The van der Waals surface area contributed by atoms with Gasteiger partial charge in [-0.2, -0.15) is 5.10 Å². The smallest absolute Gasteiger partial charge is 0.255 e. The molecule has 0 radical (unpaired) electrons. The number of hydrogen-bond acceptors (Lipinski definition) is 6. The lowest BCUT2D eigenvalue weighted by Crippen LogP contribution is -2.47. The fourth-order valence-corrected chi connectivity index (χ4v) is 4.63. The molecule has 2 aromatic rings. The minimum Gasteiger partial charge on any atom is -0.395 e. The summed E-state index contributed by atoms with van der Waals surface area (Å²) >= 11 is 0. The SMILES string of the molecule is CCc1nc(C)cn2nc(C3=CC(=O)N4C=C(N5CCN(CCO)CC5)C=C/C4=C\C=C3)cc12. The largest absolute Gasteiger partial charge is 0.395 e. The van der Waals surface area contributed by atoms with E-state index in [0.717, 1.165) is 72.2 Å². The molecule has 3 aliphatic heterocycles. The number of nitrogens with zero attached hydrogens (tertiary/aromatic N) is 6. The van der Waals surface area contributed by atoms with Gasteiger partial charge in [0.2, 0.25) is 0 Å². The average Bonchev–Trinajstić information content (AvgIpc) is 3.26. The Morgan fingerprint density at radius 1 is 1.09 bits per heavy atom. The molecule has 5 rings (SSSR count). The van der Waals surface area contributed by atoms with Gasteiger partial charge in [-0.1, -0.05) is 19.1 Å². The quantitative estimate of drug-likeness (QED) is 0.741. The van der Waals surface area contributed by atoms with Gasteiger partial charge >= 0.3 is 0 Å². The van der Waals surface area contributed by atoms with E-state index in [-0.39, 0.29) is 12.5 Å². The number of aromatic nitrogens is 3. The van der Waals surface area contributed by atoms with Gasteiger partial charge in [0.15, 0.2) is 0 Å². The number of aryl methyl sites for hydroxylation is 2. The van der Waals surface area contributed by atoms with Crippen molar-refractivity contribution in [2.24, 2.45) is 0 Å². The van der Waals surface area contributed by atoms with Crippen LogP contribution < -0.4 is 0 Å². The van der Waals surface area contributed by atoms with Crippen LogP contribution in [0.4, 0.5) is 0 Å². The summed E-state index contributed by atoms with van der Waals surface area (Å²) in [5.74, 6) is -0.103. The average molecular weight is 459 g/mol. The highest BCUT2D eigenvalue weighted by atomic mass is 16.3. The van der Waals surface area contributed by atoms with Crippen molar-refractivity contribution in [1.82, 2.24) is 29.3 Å². The molecule has 0 unspecified atom stereocenters. The first-order valence-electron chi connectivity index (χ1n) is 11.8. The number of carbonyl (C=O) groups excluding carboxylic acids is 1. The molecule has 1 amide bonds. The molecular formula is C26H30N6O2. The number of carbonyl (C=O) groups is 1. The monoisotopic (exact) mass is 458 g/mol. The molecule has 0 aromatic carbocycles. The van der Waals surface area contributed by atoms with Crippen molar-refractivity contribution in [3.05, 3.63) is 83.4 Å². The molecule has 1 fully saturated rings. The van der Waals surface area contributed by atoms with Crippen LogP contribution >= 0.6 is 0 Å². The number of piperazine rings is 1. The fourth-order valence-electron chi connectivity index (χ4n) is 4.63. The second-order valence-corrected chi connectivity index (χ2v) is 8.74. The van der Waals surface area contributed by atoms with Crippen molar-refractivity contribution >= 4 is 17.0 Å². The van der Waals surface area contributed by atoms with Gasteiger partial charge in [0.1, 0.15) is 0 Å². The number of amides is 1. The van der Waals surface area contributed by atoms with Crippen LogP contribution in [0.3, 0.4) is 0 Å². The lowest BCUT2D eigenvalue weighted by molar-refractivity contribution is -0.122. The second kappa shape index (κ2) is 9.40. The van der Waals surface area contributed by atoms with E-state index >= 15 is 0 Å². The van der Waals surface area contributed by atoms with E-state index in [4.69, 9.17) is 5.10 Å². The van der Waals surface area contributed by atoms with Gasteiger partial charge in [0.05, 0.1) is 41.1 Å². The van der Waals surface area contributed by atoms with Crippen LogP contribution in [0.15, 0.2) is 66.3 Å². The summed E-state index contributed by atoms with van der Waals surface area (Å²) in [7, 11) is 0. The van der Waals surface area contributed by atoms with Crippen LogP contribution in [-0.2, 0) is 11.2 Å². The summed E-state index contributed by atoms with van der Waals surface area (Å²) in [6.45, 7) is 8.47. The van der Waals surface area contributed by atoms with Gasteiger partial charge < -0.3 is 10.0 Å². The van der Waals surface area contributed by atoms with Gasteiger partial charge in [-0.3, -0.25) is 19.6 Å². The van der Waals surface area contributed by atoms with Gasteiger partial charge in [-0.15, -0.1) is 0 Å². The molecule has 1 N–H and O–H groups in total. The van der Waals surface area contributed by atoms with Crippen molar-refractivity contribution in [1.29, 1.82) is 0 Å². The van der Waals surface area contributed by atoms with E-state index in [2.05, 4.69) is 27.8 Å². The summed E-state index contributed by atoms with van der Waals surface area (Å²) in [6, 6.07) is 2.00. The van der Waals surface area contributed by atoms with E-state index in [0.29, 0.717) is 6.54 Å². The Morgan fingerprint density at radius 3 is 2.65 bits per heavy atom. The van der Waals surface area contributed by atoms with Gasteiger partial charge in [-0.05, 0) is 37.6 Å².